The van der Waals surface area contributed by atoms with Gasteiger partial charge in [0, 0.05) is 31.9 Å². The Morgan fingerprint density at radius 2 is 2.05 bits per heavy atom. The van der Waals surface area contributed by atoms with E-state index in [1.165, 1.54) is 11.8 Å². The normalized spacial score (nSPS) is 19.6. The first-order valence-electron chi connectivity index (χ1n) is 7.00. The number of amides is 2. The van der Waals surface area contributed by atoms with E-state index in [1.54, 1.807) is 24.5 Å². The number of pyridine rings is 1. The summed E-state index contributed by atoms with van der Waals surface area (Å²) in [4.78, 5) is 29.0. The molecule has 1 aromatic rings. The minimum atomic E-state index is -3.04. The first-order chi connectivity index (χ1) is 10.4. The van der Waals surface area contributed by atoms with Crippen LogP contribution in [0.25, 0.3) is 0 Å². The van der Waals surface area contributed by atoms with Crippen LogP contribution in [0.15, 0.2) is 24.5 Å². The predicted octanol–water partition coefficient (Wildman–Crippen LogP) is -0.267. The molecule has 0 radical (unpaired) electrons. The molecule has 0 saturated carbocycles. The van der Waals surface area contributed by atoms with E-state index in [-0.39, 0.29) is 35.9 Å². The molecule has 0 spiro atoms. The molecule has 1 fully saturated rings. The van der Waals surface area contributed by atoms with Crippen molar-refractivity contribution in [3.63, 3.8) is 0 Å². The Kier molecular flexibility index (Phi) is 5.12. The van der Waals surface area contributed by atoms with E-state index in [2.05, 4.69) is 10.3 Å². The Balaban J connectivity index is 1.91. The van der Waals surface area contributed by atoms with Crippen LogP contribution in [-0.4, -0.2) is 54.2 Å². The molecule has 1 aliphatic heterocycles. The lowest BCUT2D eigenvalue weighted by molar-refractivity contribution is -0.135. The van der Waals surface area contributed by atoms with Crippen molar-refractivity contribution >= 4 is 21.7 Å². The third-order valence-electron chi connectivity index (χ3n) is 3.50. The van der Waals surface area contributed by atoms with Crippen LogP contribution in [0, 0.1) is 0 Å². The molecule has 0 aliphatic carbocycles. The number of nitrogens with one attached hydrogen (secondary N) is 1. The summed E-state index contributed by atoms with van der Waals surface area (Å²) in [6.45, 7) is 1.62. The molecule has 1 atom stereocenters. The maximum atomic E-state index is 12.0. The lowest BCUT2D eigenvalue weighted by Crippen LogP contribution is -2.43. The van der Waals surface area contributed by atoms with Crippen molar-refractivity contribution in [3.8, 4) is 0 Å². The van der Waals surface area contributed by atoms with Crippen LogP contribution in [0.1, 0.15) is 18.9 Å². The highest BCUT2D eigenvalue weighted by Crippen LogP contribution is 2.11. The maximum Gasteiger partial charge on any atom is 0.239 e. The molecular formula is C14H19N3O4S. The second-order valence-electron chi connectivity index (χ2n) is 5.40. The average molecular weight is 325 g/mol. The number of aromatic nitrogens is 1. The van der Waals surface area contributed by atoms with Crippen molar-refractivity contribution < 1.29 is 18.0 Å². The molecule has 1 N–H and O–H groups in total. The van der Waals surface area contributed by atoms with Crippen molar-refractivity contribution in [3.05, 3.63) is 30.1 Å². The summed E-state index contributed by atoms with van der Waals surface area (Å²) < 4.78 is 22.7. The fraction of sp³-hybridized carbons (Fsp3) is 0.500. The molecule has 7 nitrogen and oxygen atoms in total. The van der Waals surface area contributed by atoms with Crippen LogP contribution in [0.4, 0.5) is 0 Å². The molecule has 8 heteroatoms. The Bertz CT molecular complexity index is 645. The first kappa shape index (κ1) is 16.4. The van der Waals surface area contributed by atoms with Gasteiger partial charge in [0.1, 0.15) is 0 Å². The zero-order valence-corrected chi connectivity index (χ0v) is 13.2. The highest BCUT2D eigenvalue weighted by molar-refractivity contribution is 7.91. The molecule has 1 aromatic heterocycles. The Morgan fingerprint density at radius 3 is 2.59 bits per heavy atom. The van der Waals surface area contributed by atoms with Gasteiger partial charge in [0.15, 0.2) is 9.84 Å². The van der Waals surface area contributed by atoms with Gasteiger partial charge < -0.3 is 10.2 Å². The number of carbonyl (C=O) groups is 2. The van der Waals surface area contributed by atoms with Crippen LogP contribution >= 0.6 is 0 Å². The number of nitrogens with zero attached hydrogens (tertiary/aromatic N) is 2. The fourth-order valence-corrected chi connectivity index (χ4v) is 4.02. The van der Waals surface area contributed by atoms with Gasteiger partial charge in [0.25, 0.3) is 0 Å². The number of rotatable bonds is 5. The predicted molar refractivity (Wildman–Crippen MR) is 80.5 cm³/mol. The van der Waals surface area contributed by atoms with E-state index in [1.807, 2.05) is 0 Å². The number of carbonyl (C=O) groups excluding carboxylic acids is 2. The molecule has 0 bridgehead atoms. The van der Waals surface area contributed by atoms with Crippen LogP contribution in [0.2, 0.25) is 0 Å². The van der Waals surface area contributed by atoms with Crippen molar-refractivity contribution in [2.75, 3.05) is 18.1 Å². The summed E-state index contributed by atoms with van der Waals surface area (Å²) in [7, 11) is -3.04. The number of hydrogen-bond acceptors (Lipinski definition) is 5. The monoisotopic (exact) mass is 325 g/mol. The fourth-order valence-electron chi connectivity index (χ4n) is 2.34. The number of sulfone groups is 1. The molecule has 2 amide bonds. The third kappa shape index (κ3) is 4.80. The Morgan fingerprint density at radius 1 is 1.36 bits per heavy atom. The second-order valence-corrected chi connectivity index (χ2v) is 7.63. The van der Waals surface area contributed by atoms with Crippen molar-refractivity contribution in [2.45, 2.75) is 25.9 Å². The van der Waals surface area contributed by atoms with Gasteiger partial charge in [-0.15, -0.1) is 0 Å². The topological polar surface area (TPSA) is 96.4 Å². The molecule has 0 aromatic carbocycles. The van der Waals surface area contributed by atoms with Crippen LogP contribution in [-0.2, 0) is 26.0 Å². The van der Waals surface area contributed by atoms with Crippen LogP contribution < -0.4 is 5.32 Å². The van der Waals surface area contributed by atoms with E-state index < -0.39 is 9.84 Å². The SMILES string of the molecule is CC(=O)N(CC(=O)NC1CCS(=O)(=O)C1)Cc1ccncc1. The molecular weight excluding hydrogens is 306 g/mol. The lowest BCUT2D eigenvalue weighted by atomic mass is 10.2. The van der Waals surface area contributed by atoms with Gasteiger partial charge in [-0.25, -0.2) is 8.42 Å². The lowest BCUT2D eigenvalue weighted by Gasteiger charge is -2.21. The smallest absolute Gasteiger partial charge is 0.239 e. The van der Waals surface area contributed by atoms with Crippen LogP contribution in [0.3, 0.4) is 0 Å². The number of hydrogen-bond donors (Lipinski definition) is 1. The van der Waals surface area contributed by atoms with Gasteiger partial charge in [0.2, 0.25) is 11.8 Å². The molecule has 2 rings (SSSR count). The van der Waals surface area contributed by atoms with Crippen molar-refractivity contribution in [2.24, 2.45) is 0 Å². The van der Waals surface area contributed by atoms with Crippen molar-refractivity contribution in [1.82, 2.24) is 15.2 Å². The Labute approximate surface area is 129 Å². The van der Waals surface area contributed by atoms with Crippen LogP contribution in [0.5, 0.6) is 0 Å². The molecule has 1 aliphatic rings. The van der Waals surface area contributed by atoms with E-state index in [0.29, 0.717) is 13.0 Å². The zero-order valence-electron chi connectivity index (χ0n) is 12.4. The standard InChI is InChI=1S/C14H19N3O4S/c1-11(18)17(8-12-2-5-15-6-3-12)9-14(19)16-13-4-7-22(20,21)10-13/h2-3,5-6,13H,4,7-10H2,1H3,(H,16,19). The largest absolute Gasteiger partial charge is 0.351 e. The highest BCUT2D eigenvalue weighted by atomic mass is 32.2. The van der Waals surface area contributed by atoms with E-state index >= 15 is 0 Å². The second kappa shape index (κ2) is 6.87. The summed E-state index contributed by atoms with van der Waals surface area (Å²) >= 11 is 0. The van der Waals surface area contributed by atoms with Gasteiger partial charge in [-0.2, -0.15) is 0 Å². The molecule has 22 heavy (non-hydrogen) atoms. The molecule has 1 saturated heterocycles. The minimum absolute atomic E-state index is 0.0246. The average Bonchev–Trinajstić information content (AvgIpc) is 2.78. The third-order valence-corrected chi connectivity index (χ3v) is 5.27. The molecule has 120 valence electrons. The highest BCUT2D eigenvalue weighted by Gasteiger charge is 2.29. The molecule has 2 heterocycles. The summed E-state index contributed by atoms with van der Waals surface area (Å²) in [6.07, 6.45) is 3.67. The quantitative estimate of drug-likeness (QED) is 0.804. The minimum Gasteiger partial charge on any atom is -0.351 e. The van der Waals surface area contributed by atoms with E-state index in [0.717, 1.165) is 5.56 Å². The van der Waals surface area contributed by atoms with Gasteiger partial charge in [0.05, 0.1) is 18.1 Å². The summed E-state index contributed by atoms with van der Waals surface area (Å²) in [5.41, 5.74) is 0.876. The van der Waals surface area contributed by atoms with Crippen molar-refractivity contribution in [1.29, 1.82) is 0 Å². The summed E-state index contributed by atoms with van der Waals surface area (Å²) in [5, 5.41) is 2.68. The summed E-state index contributed by atoms with van der Waals surface area (Å²) in [6, 6.07) is 3.20. The zero-order chi connectivity index (χ0) is 16.2. The Hall–Kier alpha value is -1.96. The van der Waals surface area contributed by atoms with E-state index in [9.17, 15) is 18.0 Å². The molecule has 1 unspecified atom stereocenters. The van der Waals surface area contributed by atoms with Gasteiger partial charge in [-0.3, -0.25) is 14.6 Å². The van der Waals surface area contributed by atoms with Gasteiger partial charge >= 0.3 is 0 Å². The first-order valence-corrected chi connectivity index (χ1v) is 8.82. The van der Waals surface area contributed by atoms with Gasteiger partial charge in [-0.1, -0.05) is 0 Å². The van der Waals surface area contributed by atoms with E-state index in [4.69, 9.17) is 0 Å². The maximum absolute atomic E-state index is 12.0. The van der Waals surface area contributed by atoms with Gasteiger partial charge in [-0.05, 0) is 24.1 Å². The summed E-state index contributed by atoms with van der Waals surface area (Å²) in [5.74, 6) is -0.480.